The molecule has 1 aliphatic rings. The Kier molecular flexibility index (Phi) is 10.5. The van der Waals surface area contributed by atoms with Gasteiger partial charge in [-0.05, 0) is 128 Å². The second-order valence-corrected chi connectivity index (χ2v) is 18.3. The maximum Gasteiger partial charge on any atom is 0.151 e. The standard InChI is InChI=1S/C51H63NO/c1-13-50(11,14-2)34-35-17-27-44-46(29-35)53-47-33-42(51(12,15-3)16-4)26-28-45(47)52(44)43-31-38(36-18-22-40(23-19-36)48(5,6)7)30-39(32-43)37-20-24-41(25-21-37)49(8,9)10/h17-33H,13-16,34H2,1-12H3. The first kappa shape index (κ1) is 38.4. The van der Waals surface area contributed by atoms with Gasteiger partial charge in [-0.25, -0.2) is 0 Å². The Bertz CT molecular complexity index is 1970. The van der Waals surface area contributed by atoms with Gasteiger partial charge in [0.1, 0.15) is 0 Å². The van der Waals surface area contributed by atoms with Gasteiger partial charge >= 0.3 is 0 Å². The normalized spacial score (nSPS) is 13.4. The fraction of sp³-hybridized carbons (Fsp3) is 0.412. The Balaban J connectivity index is 1.57. The molecule has 5 aromatic rings. The zero-order valence-corrected chi connectivity index (χ0v) is 34.7. The highest BCUT2D eigenvalue weighted by molar-refractivity contribution is 5.90. The van der Waals surface area contributed by atoms with Crippen LogP contribution in [0.25, 0.3) is 22.3 Å². The van der Waals surface area contributed by atoms with Crippen molar-refractivity contribution >= 4 is 17.1 Å². The van der Waals surface area contributed by atoms with Gasteiger partial charge in [0.2, 0.25) is 0 Å². The van der Waals surface area contributed by atoms with Crippen molar-refractivity contribution in [1.29, 1.82) is 0 Å². The molecule has 2 nitrogen and oxygen atoms in total. The highest BCUT2D eigenvalue weighted by atomic mass is 16.5. The summed E-state index contributed by atoms with van der Waals surface area (Å²) in [6.45, 7) is 27.7. The van der Waals surface area contributed by atoms with Crippen LogP contribution in [0.2, 0.25) is 0 Å². The molecule has 5 aromatic carbocycles. The van der Waals surface area contributed by atoms with E-state index in [2.05, 4.69) is 191 Å². The van der Waals surface area contributed by atoms with Crippen molar-refractivity contribution in [2.24, 2.45) is 5.41 Å². The lowest BCUT2D eigenvalue weighted by atomic mass is 9.77. The molecule has 53 heavy (non-hydrogen) atoms. The smallest absolute Gasteiger partial charge is 0.151 e. The van der Waals surface area contributed by atoms with Crippen LogP contribution in [0.3, 0.4) is 0 Å². The molecule has 0 spiro atoms. The van der Waals surface area contributed by atoms with Crippen LogP contribution in [-0.4, -0.2) is 0 Å². The second-order valence-electron chi connectivity index (χ2n) is 18.3. The van der Waals surface area contributed by atoms with Crippen LogP contribution in [0.1, 0.15) is 131 Å². The second kappa shape index (κ2) is 14.5. The molecule has 0 saturated heterocycles. The molecule has 0 bridgehead atoms. The van der Waals surface area contributed by atoms with Crippen molar-refractivity contribution in [2.45, 2.75) is 131 Å². The molecule has 0 radical (unpaired) electrons. The number of rotatable bonds is 10. The van der Waals surface area contributed by atoms with Crippen molar-refractivity contribution < 1.29 is 4.74 Å². The molecule has 0 unspecified atom stereocenters. The SMILES string of the molecule is CCC(C)(CC)Cc1ccc2c(c1)Oc1cc(C(C)(CC)CC)ccc1N2c1cc(-c2ccc(C(C)(C)C)cc2)cc(-c2ccc(C(C)(C)C)cc2)c1. The number of anilines is 3. The number of hydrogen-bond acceptors (Lipinski definition) is 2. The Labute approximate surface area is 321 Å². The number of hydrogen-bond donors (Lipinski definition) is 0. The first-order valence-corrected chi connectivity index (χ1v) is 20.1. The van der Waals surface area contributed by atoms with Gasteiger partial charge in [0.25, 0.3) is 0 Å². The number of ether oxygens (including phenoxy) is 1. The van der Waals surface area contributed by atoms with Crippen LogP contribution in [0, 0.1) is 5.41 Å². The van der Waals surface area contributed by atoms with Crippen LogP contribution >= 0.6 is 0 Å². The van der Waals surface area contributed by atoms with E-state index in [0.29, 0.717) is 0 Å². The van der Waals surface area contributed by atoms with Gasteiger partial charge < -0.3 is 9.64 Å². The summed E-state index contributed by atoms with van der Waals surface area (Å²) in [5.74, 6) is 1.84. The molecular formula is C51H63NO. The Morgan fingerprint density at radius 2 is 0.906 bits per heavy atom. The summed E-state index contributed by atoms with van der Waals surface area (Å²) in [7, 11) is 0. The third-order valence-electron chi connectivity index (χ3n) is 12.6. The Morgan fingerprint density at radius 3 is 1.36 bits per heavy atom. The van der Waals surface area contributed by atoms with E-state index < -0.39 is 0 Å². The minimum atomic E-state index is 0.0843. The lowest BCUT2D eigenvalue weighted by Gasteiger charge is -2.36. The monoisotopic (exact) mass is 705 g/mol. The summed E-state index contributed by atoms with van der Waals surface area (Å²) < 4.78 is 6.95. The molecule has 2 heteroatoms. The zero-order valence-electron chi connectivity index (χ0n) is 34.7. The molecule has 0 N–H and O–H groups in total. The fourth-order valence-corrected chi connectivity index (χ4v) is 7.67. The average Bonchev–Trinajstić information content (AvgIpc) is 3.15. The summed E-state index contributed by atoms with van der Waals surface area (Å²) in [5, 5.41) is 0. The number of benzene rings is 5. The van der Waals surface area contributed by atoms with Crippen LogP contribution in [0.5, 0.6) is 11.5 Å². The van der Waals surface area contributed by atoms with Crippen molar-refractivity contribution in [3.05, 3.63) is 125 Å². The molecule has 0 aliphatic carbocycles. The highest BCUT2D eigenvalue weighted by Gasteiger charge is 2.31. The third kappa shape index (κ3) is 7.84. The predicted octanol–water partition coefficient (Wildman–Crippen LogP) is 15.6. The van der Waals surface area contributed by atoms with E-state index in [1.54, 1.807) is 0 Å². The molecule has 0 fully saturated rings. The van der Waals surface area contributed by atoms with Crippen molar-refractivity contribution in [1.82, 2.24) is 0 Å². The van der Waals surface area contributed by atoms with Gasteiger partial charge in [-0.3, -0.25) is 0 Å². The lowest BCUT2D eigenvalue weighted by molar-refractivity contribution is 0.295. The number of fused-ring (bicyclic) bond motifs is 2. The van der Waals surface area contributed by atoms with Crippen molar-refractivity contribution in [3.8, 4) is 33.8 Å². The molecule has 0 amide bonds. The van der Waals surface area contributed by atoms with E-state index in [-0.39, 0.29) is 21.7 Å². The van der Waals surface area contributed by atoms with E-state index in [9.17, 15) is 0 Å². The molecule has 6 rings (SSSR count). The quantitative estimate of drug-likeness (QED) is 0.141. The summed E-state index contributed by atoms with van der Waals surface area (Å²) in [6.07, 6.45) is 5.48. The van der Waals surface area contributed by atoms with Crippen LogP contribution in [0.4, 0.5) is 17.1 Å². The molecule has 0 saturated carbocycles. The minimum absolute atomic E-state index is 0.0843. The fourth-order valence-electron chi connectivity index (χ4n) is 7.67. The average molecular weight is 706 g/mol. The summed E-state index contributed by atoms with van der Waals surface area (Å²) in [4.78, 5) is 2.44. The maximum absolute atomic E-state index is 6.95. The van der Waals surface area contributed by atoms with E-state index in [4.69, 9.17) is 4.74 Å². The summed E-state index contributed by atoms with van der Waals surface area (Å²) in [6, 6.07) is 39.3. The van der Waals surface area contributed by atoms with E-state index in [1.165, 1.54) is 44.5 Å². The minimum Gasteiger partial charge on any atom is -0.453 e. The predicted molar refractivity (Wildman–Crippen MR) is 230 cm³/mol. The number of nitrogens with zero attached hydrogens (tertiary/aromatic N) is 1. The van der Waals surface area contributed by atoms with E-state index in [1.807, 2.05) is 0 Å². The van der Waals surface area contributed by atoms with Gasteiger partial charge in [-0.15, -0.1) is 0 Å². The molecule has 1 aliphatic heterocycles. The molecule has 0 aromatic heterocycles. The molecular weight excluding hydrogens is 643 g/mol. The van der Waals surface area contributed by atoms with Crippen molar-refractivity contribution in [2.75, 3.05) is 4.90 Å². The van der Waals surface area contributed by atoms with Crippen LogP contribution in [-0.2, 0) is 22.7 Å². The molecule has 278 valence electrons. The Morgan fingerprint density at radius 1 is 0.453 bits per heavy atom. The highest BCUT2D eigenvalue weighted by Crippen LogP contribution is 2.53. The third-order valence-corrected chi connectivity index (χ3v) is 12.6. The van der Waals surface area contributed by atoms with Gasteiger partial charge in [0, 0.05) is 5.69 Å². The summed E-state index contributed by atoms with van der Waals surface area (Å²) >= 11 is 0. The van der Waals surface area contributed by atoms with E-state index >= 15 is 0 Å². The van der Waals surface area contributed by atoms with Gasteiger partial charge in [0.15, 0.2) is 11.5 Å². The molecule has 1 heterocycles. The van der Waals surface area contributed by atoms with Crippen molar-refractivity contribution in [3.63, 3.8) is 0 Å². The topological polar surface area (TPSA) is 12.5 Å². The van der Waals surface area contributed by atoms with Crippen LogP contribution < -0.4 is 9.64 Å². The largest absolute Gasteiger partial charge is 0.453 e. The van der Waals surface area contributed by atoms with E-state index in [0.717, 1.165) is 60.7 Å². The Hall–Kier alpha value is -4.30. The van der Waals surface area contributed by atoms with Gasteiger partial charge in [-0.1, -0.05) is 157 Å². The molecule has 0 atom stereocenters. The zero-order chi connectivity index (χ0) is 38.3. The lowest BCUT2D eigenvalue weighted by Crippen LogP contribution is -2.21. The first-order valence-electron chi connectivity index (χ1n) is 20.1. The summed E-state index contributed by atoms with van der Waals surface area (Å²) in [5.41, 5.74) is 14.0. The van der Waals surface area contributed by atoms with Gasteiger partial charge in [-0.2, -0.15) is 0 Å². The van der Waals surface area contributed by atoms with Gasteiger partial charge in [0.05, 0.1) is 11.4 Å². The maximum atomic E-state index is 6.95. The van der Waals surface area contributed by atoms with Crippen LogP contribution in [0.15, 0.2) is 103 Å². The first-order chi connectivity index (χ1) is 25.0.